The van der Waals surface area contributed by atoms with Crippen LogP contribution in [0, 0.1) is 0 Å². The molecule has 1 amide bonds. The Morgan fingerprint density at radius 1 is 1.16 bits per heavy atom. The summed E-state index contributed by atoms with van der Waals surface area (Å²) < 4.78 is 10.8. The zero-order valence-electron chi connectivity index (χ0n) is 18.0. The van der Waals surface area contributed by atoms with E-state index in [4.69, 9.17) is 9.47 Å². The number of para-hydroxylation sites is 1. The van der Waals surface area contributed by atoms with Gasteiger partial charge in [0.15, 0.2) is 5.82 Å². The number of carbonyl (C=O) groups excluding carboxylic acids is 1. The molecule has 32 heavy (non-hydrogen) atoms. The molecule has 0 bridgehead atoms. The fourth-order valence-electron chi connectivity index (χ4n) is 3.11. The fourth-order valence-corrected chi connectivity index (χ4v) is 3.11. The summed E-state index contributed by atoms with van der Waals surface area (Å²) in [7, 11) is 1.62. The number of ether oxygens (including phenoxy) is 2. The summed E-state index contributed by atoms with van der Waals surface area (Å²) in [5.74, 6) is 1.61. The summed E-state index contributed by atoms with van der Waals surface area (Å²) in [6.07, 6.45) is 2.65. The molecule has 3 rings (SSSR count). The number of aryl methyl sites for hydroxylation is 1. The van der Waals surface area contributed by atoms with Crippen molar-refractivity contribution in [2.24, 2.45) is 0 Å². The molecule has 3 aromatic rings. The number of hydrogen-bond donors (Lipinski definition) is 2. The van der Waals surface area contributed by atoms with Gasteiger partial charge in [0.2, 0.25) is 5.91 Å². The second kappa shape index (κ2) is 11.5. The molecule has 0 atom stereocenters. The van der Waals surface area contributed by atoms with Crippen molar-refractivity contribution >= 4 is 5.91 Å². The topological polar surface area (TPSA) is 106 Å². The van der Waals surface area contributed by atoms with E-state index < -0.39 is 0 Å². The molecule has 0 radical (unpaired) electrons. The van der Waals surface area contributed by atoms with Gasteiger partial charge in [0, 0.05) is 24.9 Å². The van der Waals surface area contributed by atoms with Crippen LogP contribution in [0.3, 0.4) is 0 Å². The van der Waals surface area contributed by atoms with E-state index in [-0.39, 0.29) is 30.0 Å². The van der Waals surface area contributed by atoms with E-state index in [1.54, 1.807) is 37.5 Å². The number of carbonyl (C=O) groups is 1. The van der Waals surface area contributed by atoms with Crippen molar-refractivity contribution in [2.75, 3.05) is 20.3 Å². The number of H-pyrrole nitrogens is 1. The molecule has 0 saturated heterocycles. The van der Waals surface area contributed by atoms with E-state index in [2.05, 4.69) is 27.1 Å². The summed E-state index contributed by atoms with van der Waals surface area (Å²) in [4.78, 5) is 27.3. The third-order valence-corrected chi connectivity index (χ3v) is 4.74. The van der Waals surface area contributed by atoms with E-state index in [0.717, 1.165) is 11.3 Å². The van der Waals surface area contributed by atoms with E-state index in [1.165, 1.54) is 0 Å². The van der Waals surface area contributed by atoms with Gasteiger partial charge < -0.3 is 19.8 Å². The number of nitrogens with zero attached hydrogens (tertiary/aromatic N) is 2. The lowest BCUT2D eigenvalue weighted by molar-refractivity contribution is -0.121. The molecule has 0 unspecified atom stereocenters. The first kappa shape index (κ1) is 22.7. The van der Waals surface area contributed by atoms with Crippen LogP contribution < -0.4 is 20.3 Å². The van der Waals surface area contributed by atoms with Gasteiger partial charge in [-0.25, -0.2) is 0 Å². The summed E-state index contributed by atoms with van der Waals surface area (Å²) >= 11 is 0. The normalized spacial score (nSPS) is 10.4. The highest BCUT2D eigenvalue weighted by molar-refractivity contribution is 5.76. The zero-order chi connectivity index (χ0) is 22.8. The van der Waals surface area contributed by atoms with Gasteiger partial charge in [-0.15, -0.1) is 10.2 Å². The number of rotatable bonds is 11. The molecule has 2 aromatic carbocycles. The average Bonchev–Trinajstić information content (AvgIpc) is 2.82. The van der Waals surface area contributed by atoms with Crippen molar-refractivity contribution in [2.45, 2.75) is 19.3 Å². The van der Waals surface area contributed by atoms with E-state index in [9.17, 15) is 9.59 Å². The van der Waals surface area contributed by atoms with Gasteiger partial charge >= 0.3 is 0 Å². The van der Waals surface area contributed by atoms with Crippen LogP contribution >= 0.6 is 0 Å². The molecule has 0 aliphatic carbocycles. The Morgan fingerprint density at radius 2 is 2.00 bits per heavy atom. The van der Waals surface area contributed by atoms with Gasteiger partial charge in [-0.05, 0) is 30.2 Å². The van der Waals surface area contributed by atoms with Crippen molar-refractivity contribution < 1.29 is 14.3 Å². The number of nitrogens with one attached hydrogen (secondary N) is 2. The Morgan fingerprint density at radius 3 is 2.78 bits per heavy atom. The Labute approximate surface area is 186 Å². The lowest BCUT2D eigenvalue weighted by atomic mass is 10.1. The number of aromatic amines is 1. The number of aromatic nitrogens is 3. The van der Waals surface area contributed by atoms with Crippen LogP contribution in [0.2, 0.25) is 0 Å². The van der Waals surface area contributed by atoms with Crippen molar-refractivity contribution in [1.82, 2.24) is 20.5 Å². The molecule has 8 nitrogen and oxygen atoms in total. The van der Waals surface area contributed by atoms with Crippen LogP contribution in [-0.4, -0.2) is 41.3 Å². The van der Waals surface area contributed by atoms with Gasteiger partial charge in [0.05, 0.1) is 7.11 Å². The number of hydrogen-bond acceptors (Lipinski definition) is 6. The van der Waals surface area contributed by atoms with E-state index in [0.29, 0.717) is 36.7 Å². The molecular formula is C24H26N4O4. The smallest absolute Gasteiger partial charge is 0.273 e. The molecule has 2 N–H and O–H groups in total. The molecule has 0 saturated carbocycles. The molecule has 0 spiro atoms. The maximum absolute atomic E-state index is 12.4. The van der Waals surface area contributed by atoms with Gasteiger partial charge in [-0.2, -0.15) is 0 Å². The monoisotopic (exact) mass is 434 g/mol. The Kier molecular flexibility index (Phi) is 8.14. The molecule has 1 aromatic heterocycles. The van der Waals surface area contributed by atoms with E-state index in [1.807, 2.05) is 24.3 Å². The first-order valence-corrected chi connectivity index (χ1v) is 10.3. The van der Waals surface area contributed by atoms with Crippen LogP contribution in [0.25, 0.3) is 11.4 Å². The molecule has 1 heterocycles. The number of amides is 1. The third-order valence-electron chi connectivity index (χ3n) is 4.74. The molecule has 0 aliphatic rings. The van der Waals surface area contributed by atoms with Crippen molar-refractivity contribution in [1.29, 1.82) is 0 Å². The van der Waals surface area contributed by atoms with Gasteiger partial charge in [-0.1, -0.05) is 43.0 Å². The van der Waals surface area contributed by atoms with Gasteiger partial charge in [-0.3, -0.25) is 9.59 Å². The molecular weight excluding hydrogens is 408 g/mol. The number of methoxy groups -OCH3 is 1. The lowest BCUT2D eigenvalue weighted by Gasteiger charge is -2.09. The lowest BCUT2D eigenvalue weighted by Crippen LogP contribution is -2.27. The van der Waals surface area contributed by atoms with Crippen molar-refractivity contribution in [3.8, 4) is 22.9 Å². The minimum absolute atomic E-state index is 0.147. The minimum atomic E-state index is -0.366. The highest BCUT2D eigenvalue weighted by Gasteiger charge is 2.10. The summed E-state index contributed by atoms with van der Waals surface area (Å²) in [6, 6.07) is 14.8. The Balaban J connectivity index is 1.53. The zero-order valence-corrected chi connectivity index (χ0v) is 18.0. The Hall–Kier alpha value is -3.94. The highest BCUT2D eigenvalue weighted by atomic mass is 16.5. The van der Waals surface area contributed by atoms with Crippen LogP contribution in [0.15, 0.2) is 66.0 Å². The Bertz CT molecular complexity index is 1130. The first-order chi connectivity index (χ1) is 15.6. The predicted octanol–water partition coefficient (Wildman–Crippen LogP) is 2.70. The van der Waals surface area contributed by atoms with Gasteiger partial charge in [0.1, 0.15) is 23.8 Å². The highest BCUT2D eigenvalue weighted by Crippen LogP contribution is 2.20. The first-order valence-electron chi connectivity index (χ1n) is 10.3. The maximum Gasteiger partial charge on any atom is 0.273 e. The van der Waals surface area contributed by atoms with Crippen LogP contribution in [-0.2, 0) is 17.6 Å². The van der Waals surface area contributed by atoms with Crippen molar-refractivity contribution in [3.63, 3.8) is 0 Å². The van der Waals surface area contributed by atoms with Crippen molar-refractivity contribution in [3.05, 3.63) is 82.8 Å². The van der Waals surface area contributed by atoms with E-state index >= 15 is 0 Å². The largest absolute Gasteiger partial charge is 0.496 e. The quantitative estimate of drug-likeness (QED) is 0.450. The fraction of sp³-hybridized carbons (Fsp3) is 0.250. The number of benzene rings is 2. The van der Waals surface area contributed by atoms with Crippen LogP contribution in [0.1, 0.15) is 17.7 Å². The molecule has 0 fully saturated rings. The second-order valence-electron chi connectivity index (χ2n) is 6.99. The molecule has 8 heteroatoms. The summed E-state index contributed by atoms with van der Waals surface area (Å²) in [5, 5.41) is 11.0. The van der Waals surface area contributed by atoms with Crippen LogP contribution in [0.5, 0.6) is 11.5 Å². The summed E-state index contributed by atoms with van der Waals surface area (Å²) in [5.41, 5.74) is 1.55. The van der Waals surface area contributed by atoms with Crippen LogP contribution in [0.4, 0.5) is 0 Å². The minimum Gasteiger partial charge on any atom is -0.496 e. The average molecular weight is 434 g/mol. The standard InChI is InChI=1S/C24H26N4O4/c1-3-15-32-19-9-6-8-18(16-19)23-26-24(30)20(27-28-23)11-12-22(29)25-14-13-17-7-4-5-10-21(17)31-2/h3-10,16H,1,11-15H2,2H3,(H,25,29)(H,26,28,30). The molecule has 166 valence electrons. The second-order valence-corrected chi connectivity index (χ2v) is 6.99. The molecule has 0 aliphatic heterocycles. The maximum atomic E-state index is 12.4. The SMILES string of the molecule is C=CCOc1cccc(-c2nnc(CCC(=O)NCCc3ccccc3OC)c(=O)[nH]2)c1. The third kappa shape index (κ3) is 6.28. The van der Waals surface area contributed by atoms with Gasteiger partial charge in [0.25, 0.3) is 5.56 Å². The predicted molar refractivity (Wildman–Crippen MR) is 122 cm³/mol. The summed E-state index contributed by atoms with van der Waals surface area (Å²) in [6.45, 7) is 4.47.